The maximum atomic E-state index is 11.8. The molecule has 0 bridgehead atoms. The molecule has 0 fully saturated rings. The van der Waals surface area contributed by atoms with Gasteiger partial charge in [0.1, 0.15) is 6.61 Å². The minimum absolute atomic E-state index is 0.260. The summed E-state index contributed by atoms with van der Waals surface area (Å²) in [5, 5.41) is 11.8. The van der Waals surface area contributed by atoms with Crippen molar-refractivity contribution in [1.82, 2.24) is 10.2 Å². The van der Waals surface area contributed by atoms with Crippen molar-refractivity contribution in [1.29, 1.82) is 0 Å². The molecule has 3 rings (SSSR count). The Labute approximate surface area is 164 Å². The summed E-state index contributed by atoms with van der Waals surface area (Å²) in [5.74, 6) is 0. The van der Waals surface area contributed by atoms with Gasteiger partial charge in [-0.25, -0.2) is 9.59 Å². The Morgan fingerprint density at radius 3 is 2.43 bits per heavy atom. The van der Waals surface area contributed by atoms with E-state index < -0.39 is 12.2 Å². The lowest BCUT2D eigenvalue weighted by atomic mass is 9.98. The molecular formula is C22H24N2O4. The van der Waals surface area contributed by atoms with Gasteiger partial charge in [-0.05, 0) is 35.1 Å². The largest absolute Gasteiger partial charge is 0.465 e. The summed E-state index contributed by atoms with van der Waals surface area (Å²) in [6, 6.07) is 17.7. The first-order chi connectivity index (χ1) is 13.6. The predicted molar refractivity (Wildman–Crippen MR) is 107 cm³/mol. The van der Waals surface area contributed by atoms with E-state index in [0.717, 1.165) is 23.1 Å². The van der Waals surface area contributed by atoms with Crippen LogP contribution in [0.4, 0.5) is 9.59 Å². The van der Waals surface area contributed by atoms with Gasteiger partial charge in [0.15, 0.2) is 0 Å². The van der Waals surface area contributed by atoms with Gasteiger partial charge in [-0.1, -0.05) is 60.7 Å². The number of carboxylic acid groups (broad SMARTS) is 1. The van der Waals surface area contributed by atoms with Crippen molar-refractivity contribution in [3.05, 3.63) is 77.4 Å². The van der Waals surface area contributed by atoms with Crippen LogP contribution in [-0.2, 0) is 17.8 Å². The van der Waals surface area contributed by atoms with Gasteiger partial charge < -0.3 is 20.1 Å². The fourth-order valence-corrected chi connectivity index (χ4v) is 3.07. The lowest BCUT2D eigenvalue weighted by Crippen LogP contribution is -2.33. The van der Waals surface area contributed by atoms with Gasteiger partial charge >= 0.3 is 12.2 Å². The molecule has 6 nitrogen and oxygen atoms in total. The monoisotopic (exact) mass is 380 g/mol. The van der Waals surface area contributed by atoms with Gasteiger partial charge in [0.2, 0.25) is 0 Å². The number of hydrogen-bond acceptors (Lipinski definition) is 3. The number of carbonyl (C=O) groups excluding carboxylic acids is 1. The summed E-state index contributed by atoms with van der Waals surface area (Å²) in [6.45, 7) is 1.72. The second kappa shape index (κ2) is 9.60. The van der Waals surface area contributed by atoms with Gasteiger partial charge in [0.05, 0.1) is 0 Å². The van der Waals surface area contributed by atoms with Crippen LogP contribution < -0.4 is 5.32 Å². The van der Waals surface area contributed by atoms with Gasteiger partial charge in [-0.3, -0.25) is 0 Å². The Morgan fingerprint density at radius 1 is 1.04 bits per heavy atom. The Hall–Kier alpha value is -3.28. The second-order valence-corrected chi connectivity index (χ2v) is 6.64. The van der Waals surface area contributed by atoms with E-state index in [1.807, 2.05) is 60.7 Å². The maximum absolute atomic E-state index is 11.8. The molecule has 28 heavy (non-hydrogen) atoms. The Morgan fingerprint density at radius 2 is 1.79 bits per heavy atom. The summed E-state index contributed by atoms with van der Waals surface area (Å²) >= 11 is 0. The average molecular weight is 380 g/mol. The van der Waals surface area contributed by atoms with Crippen molar-refractivity contribution in [2.24, 2.45) is 0 Å². The molecule has 2 aromatic rings. The third-order valence-electron chi connectivity index (χ3n) is 4.70. The molecule has 2 N–H and O–H groups in total. The number of hydrogen-bond donors (Lipinski definition) is 2. The Bertz CT molecular complexity index is 831. The summed E-state index contributed by atoms with van der Waals surface area (Å²) < 4.78 is 5.19. The van der Waals surface area contributed by atoms with E-state index in [9.17, 15) is 9.59 Å². The van der Waals surface area contributed by atoms with Crippen LogP contribution in [0.1, 0.15) is 23.1 Å². The minimum Gasteiger partial charge on any atom is -0.465 e. The number of nitrogens with zero attached hydrogens (tertiary/aromatic N) is 1. The van der Waals surface area contributed by atoms with Crippen LogP contribution in [0.15, 0.2) is 60.7 Å². The third-order valence-corrected chi connectivity index (χ3v) is 4.70. The molecule has 0 aromatic heterocycles. The quantitative estimate of drug-likeness (QED) is 0.796. The van der Waals surface area contributed by atoms with Crippen LogP contribution in [0.3, 0.4) is 0 Å². The summed E-state index contributed by atoms with van der Waals surface area (Å²) in [7, 11) is 0. The van der Waals surface area contributed by atoms with Crippen molar-refractivity contribution in [2.45, 2.75) is 19.4 Å². The number of nitrogens with one attached hydrogen (secondary N) is 1. The molecule has 1 aliphatic rings. The zero-order chi connectivity index (χ0) is 19.8. The van der Waals surface area contributed by atoms with E-state index >= 15 is 0 Å². The smallest absolute Gasteiger partial charge is 0.407 e. The van der Waals surface area contributed by atoms with Gasteiger partial charge in [-0.15, -0.1) is 0 Å². The molecule has 1 aliphatic heterocycles. The van der Waals surface area contributed by atoms with Crippen LogP contribution in [0.2, 0.25) is 0 Å². The highest BCUT2D eigenvalue weighted by molar-refractivity contribution is 5.71. The van der Waals surface area contributed by atoms with E-state index in [-0.39, 0.29) is 6.61 Å². The summed E-state index contributed by atoms with van der Waals surface area (Å²) in [5.41, 5.74) is 4.36. The van der Waals surface area contributed by atoms with E-state index in [2.05, 4.69) is 5.32 Å². The van der Waals surface area contributed by atoms with E-state index in [4.69, 9.17) is 9.84 Å². The van der Waals surface area contributed by atoms with Crippen LogP contribution in [-0.4, -0.2) is 41.8 Å². The SMILES string of the molecule is O=C(NCCc1ccc(C2=CCN(C(=O)O)CC2)cc1)OCc1ccccc1. The highest BCUT2D eigenvalue weighted by atomic mass is 16.5. The van der Waals surface area contributed by atoms with Crippen LogP contribution in [0.25, 0.3) is 5.57 Å². The zero-order valence-electron chi connectivity index (χ0n) is 15.6. The molecule has 2 amide bonds. The van der Waals surface area contributed by atoms with Gasteiger partial charge in [0.25, 0.3) is 0 Å². The lowest BCUT2D eigenvalue weighted by Gasteiger charge is -2.23. The standard InChI is InChI=1S/C22H24N2O4/c25-21(28-16-18-4-2-1-3-5-18)23-13-10-17-6-8-19(9-7-17)20-11-14-24(15-12-20)22(26)27/h1-9,11H,10,12-16H2,(H,23,25)(H,26,27). The van der Waals surface area contributed by atoms with Gasteiger partial charge in [-0.2, -0.15) is 0 Å². The summed E-state index contributed by atoms with van der Waals surface area (Å²) in [6.07, 6.45) is 2.11. The van der Waals surface area contributed by atoms with Crippen molar-refractivity contribution < 1.29 is 19.4 Å². The fourth-order valence-electron chi connectivity index (χ4n) is 3.07. The molecule has 2 aromatic carbocycles. The first-order valence-corrected chi connectivity index (χ1v) is 9.32. The highest BCUT2D eigenvalue weighted by Gasteiger charge is 2.16. The van der Waals surface area contributed by atoms with Crippen molar-refractivity contribution >= 4 is 17.8 Å². The molecule has 0 unspecified atom stereocenters. The number of benzene rings is 2. The molecule has 0 spiro atoms. The molecule has 0 saturated carbocycles. The molecule has 1 heterocycles. The molecule has 146 valence electrons. The molecule has 0 saturated heterocycles. The summed E-state index contributed by atoms with van der Waals surface area (Å²) in [4.78, 5) is 24.1. The number of alkyl carbamates (subject to hydrolysis) is 1. The minimum atomic E-state index is -0.875. The van der Waals surface area contributed by atoms with Crippen molar-refractivity contribution in [3.63, 3.8) is 0 Å². The van der Waals surface area contributed by atoms with Crippen LogP contribution in [0.5, 0.6) is 0 Å². The molecule has 0 radical (unpaired) electrons. The van der Waals surface area contributed by atoms with Crippen LogP contribution in [0, 0.1) is 0 Å². The normalized spacial score (nSPS) is 13.6. The van der Waals surface area contributed by atoms with Crippen molar-refractivity contribution in [2.75, 3.05) is 19.6 Å². The Kier molecular flexibility index (Phi) is 6.68. The number of amides is 2. The number of ether oxygens (including phenoxy) is 1. The molecule has 0 aliphatic carbocycles. The van der Waals surface area contributed by atoms with Crippen LogP contribution >= 0.6 is 0 Å². The number of rotatable bonds is 6. The molecule has 6 heteroatoms. The van der Waals surface area contributed by atoms with Gasteiger partial charge in [0, 0.05) is 19.6 Å². The predicted octanol–water partition coefficient (Wildman–Crippen LogP) is 3.92. The average Bonchev–Trinajstić information content (AvgIpc) is 2.73. The lowest BCUT2D eigenvalue weighted by molar-refractivity contribution is 0.139. The molecular weight excluding hydrogens is 356 g/mol. The first kappa shape index (κ1) is 19.5. The van der Waals surface area contributed by atoms with E-state index in [1.54, 1.807) is 0 Å². The first-order valence-electron chi connectivity index (χ1n) is 9.32. The second-order valence-electron chi connectivity index (χ2n) is 6.64. The van der Waals surface area contributed by atoms with Crippen molar-refractivity contribution in [3.8, 4) is 0 Å². The number of carbonyl (C=O) groups is 2. The topological polar surface area (TPSA) is 78.9 Å². The van der Waals surface area contributed by atoms with E-state index in [0.29, 0.717) is 26.1 Å². The highest BCUT2D eigenvalue weighted by Crippen LogP contribution is 2.22. The Balaban J connectivity index is 1.41. The molecule has 0 atom stereocenters. The fraction of sp³-hybridized carbons (Fsp3) is 0.273. The zero-order valence-corrected chi connectivity index (χ0v) is 15.6. The third kappa shape index (κ3) is 5.61. The van der Waals surface area contributed by atoms with E-state index in [1.165, 1.54) is 10.5 Å². The maximum Gasteiger partial charge on any atom is 0.407 e.